The lowest BCUT2D eigenvalue weighted by atomic mass is 9.88. The molecule has 0 bridgehead atoms. The molecule has 2 heterocycles. The summed E-state index contributed by atoms with van der Waals surface area (Å²) in [4.78, 5) is 15.5. The normalized spacial score (nSPS) is 19.9. The van der Waals surface area contributed by atoms with E-state index in [9.17, 15) is 20.1 Å². The van der Waals surface area contributed by atoms with Gasteiger partial charge in [-0.3, -0.25) is 4.79 Å². The SMILES string of the molecule is CN1CCC(c2c(-c3cccc(Cl)c3Cl)oc3cc(O)cc(O)c3c2=O)C1CO. The van der Waals surface area contributed by atoms with Crippen molar-refractivity contribution in [3.63, 3.8) is 0 Å². The zero-order valence-corrected chi connectivity index (χ0v) is 17.0. The zero-order valence-electron chi connectivity index (χ0n) is 15.5. The molecule has 152 valence electrons. The van der Waals surface area contributed by atoms with Crippen molar-refractivity contribution < 1.29 is 19.7 Å². The molecule has 1 fully saturated rings. The molecule has 29 heavy (non-hydrogen) atoms. The van der Waals surface area contributed by atoms with Gasteiger partial charge in [-0.15, -0.1) is 0 Å². The third-order valence-electron chi connectivity index (χ3n) is 5.57. The number of phenols is 2. The van der Waals surface area contributed by atoms with Crippen molar-refractivity contribution >= 4 is 34.2 Å². The predicted octanol–water partition coefficient (Wildman–Crippen LogP) is 3.96. The maximum atomic E-state index is 13.5. The van der Waals surface area contributed by atoms with Gasteiger partial charge in [0.2, 0.25) is 5.43 Å². The van der Waals surface area contributed by atoms with E-state index in [1.807, 2.05) is 11.9 Å². The van der Waals surface area contributed by atoms with Crippen molar-refractivity contribution in [3.8, 4) is 22.8 Å². The van der Waals surface area contributed by atoms with Crippen molar-refractivity contribution in [3.05, 3.63) is 56.2 Å². The second-order valence-corrected chi connectivity index (χ2v) is 8.02. The summed E-state index contributed by atoms with van der Waals surface area (Å²) >= 11 is 12.6. The Kier molecular flexibility index (Phi) is 5.21. The molecule has 2 aromatic carbocycles. The quantitative estimate of drug-likeness (QED) is 0.576. The molecule has 1 aliphatic rings. The van der Waals surface area contributed by atoms with Crippen LogP contribution in [0.5, 0.6) is 11.5 Å². The number of benzene rings is 2. The van der Waals surface area contributed by atoms with Crippen LogP contribution in [0.4, 0.5) is 0 Å². The van der Waals surface area contributed by atoms with Gasteiger partial charge in [-0.2, -0.15) is 0 Å². The number of halogens is 2. The third-order valence-corrected chi connectivity index (χ3v) is 6.39. The maximum absolute atomic E-state index is 13.5. The molecule has 3 N–H and O–H groups in total. The van der Waals surface area contributed by atoms with Crippen LogP contribution in [0.3, 0.4) is 0 Å². The molecule has 4 rings (SSSR count). The lowest BCUT2D eigenvalue weighted by Crippen LogP contribution is -2.33. The molecule has 0 spiro atoms. The number of aliphatic hydroxyl groups is 1. The summed E-state index contributed by atoms with van der Waals surface area (Å²) in [5, 5.41) is 30.6. The number of hydrogen-bond acceptors (Lipinski definition) is 6. The standard InChI is InChI=1S/C21H19Cl2NO5/c1-24-6-5-11(14(24)9-25)17-20(28)18-15(27)7-10(26)8-16(18)29-21(17)12-3-2-4-13(22)19(12)23/h2-4,7-8,11,14,25-27H,5-6,9H2,1H3. The highest BCUT2D eigenvalue weighted by Gasteiger charge is 2.37. The summed E-state index contributed by atoms with van der Waals surface area (Å²) in [7, 11) is 1.88. The van der Waals surface area contributed by atoms with Crippen molar-refractivity contribution in [2.45, 2.75) is 18.4 Å². The minimum absolute atomic E-state index is 0.0223. The van der Waals surface area contributed by atoms with E-state index < -0.39 is 5.43 Å². The van der Waals surface area contributed by atoms with Crippen molar-refractivity contribution in [1.82, 2.24) is 4.90 Å². The molecule has 0 aliphatic carbocycles. The number of rotatable bonds is 3. The van der Waals surface area contributed by atoms with E-state index in [2.05, 4.69) is 0 Å². The van der Waals surface area contributed by atoms with E-state index in [0.29, 0.717) is 29.1 Å². The number of hydrogen-bond donors (Lipinski definition) is 3. The minimum Gasteiger partial charge on any atom is -0.508 e. The summed E-state index contributed by atoms with van der Waals surface area (Å²) in [6.45, 7) is 0.556. The topological polar surface area (TPSA) is 94.1 Å². The fraction of sp³-hybridized carbons (Fsp3) is 0.286. The molecule has 0 saturated carbocycles. The Hall–Kier alpha value is -2.25. The average Bonchev–Trinajstić information content (AvgIpc) is 3.03. The molecule has 3 aromatic rings. The molecule has 0 radical (unpaired) electrons. The van der Waals surface area contributed by atoms with E-state index in [1.54, 1.807) is 18.2 Å². The van der Waals surface area contributed by atoms with Gasteiger partial charge in [0.05, 0.1) is 16.7 Å². The predicted molar refractivity (Wildman–Crippen MR) is 112 cm³/mol. The van der Waals surface area contributed by atoms with E-state index in [1.165, 1.54) is 6.07 Å². The summed E-state index contributed by atoms with van der Waals surface area (Å²) in [5.74, 6) is -0.712. The second kappa shape index (κ2) is 7.54. The first-order chi connectivity index (χ1) is 13.8. The number of likely N-dealkylation sites (tertiary alicyclic amines) is 1. The zero-order chi connectivity index (χ0) is 20.9. The first-order valence-corrected chi connectivity index (χ1v) is 9.87. The number of phenolic OH excluding ortho intramolecular Hbond substituents is 2. The highest BCUT2D eigenvalue weighted by atomic mass is 35.5. The van der Waals surface area contributed by atoms with Gasteiger partial charge in [-0.1, -0.05) is 29.3 Å². The van der Waals surface area contributed by atoms with Gasteiger partial charge in [0, 0.05) is 35.2 Å². The Labute approximate surface area is 176 Å². The number of nitrogens with zero attached hydrogens (tertiary/aromatic N) is 1. The van der Waals surface area contributed by atoms with Crippen LogP contribution >= 0.6 is 23.2 Å². The molecule has 1 aromatic heterocycles. The van der Waals surface area contributed by atoms with Crippen LogP contribution in [0, 0.1) is 0 Å². The number of fused-ring (bicyclic) bond motifs is 1. The highest BCUT2D eigenvalue weighted by Crippen LogP contribution is 2.42. The molecule has 1 saturated heterocycles. The Balaban J connectivity index is 2.10. The molecule has 6 nitrogen and oxygen atoms in total. The summed E-state index contributed by atoms with van der Waals surface area (Å²) in [6, 6.07) is 7.10. The first kappa shape index (κ1) is 20.0. The summed E-state index contributed by atoms with van der Waals surface area (Å²) in [5.41, 5.74) is 0.371. The Morgan fingerprint density at radius 1 is 1.24 bits per heavy atom. The lowest BCUT2D eigenvalue weighted by molar-refractivity contribution is 0.172. The van der Waals surface area contributed by atoms with E-state index in [0.717, 1.165) is 6.07 Å². The molecule has 2 atom stereocenters. The van der Waals surface area contributed by atoms with Crippen molar-refractivity contribution in [1.29, 1.82) is 0 Å². The Bertz CT molecular complexity index is 1160. The van der Waals surface area contributed by atoms with Crippen LogP contribution in [-0.2, 0) is 0 Å². The van der Waals surface area contributed by atoms with Gasteiger partial charge in [0.25, 0.3) is 0 Å². The first-order valence-electron chi connectivity index (χ1n) is 9.11. The Morgan fingerprint density at radius 2 is 2.00 bits per heavy atom. The van der Waals surface area contributed by atoms with Crippen molar-refractivity contribution in [2.75, 3.05) is 20.2 Å². The average molecular weight is 436 g/mol. The summed E-state index contributed by atoms with van der Waals surface area (Å²) in [6.07, 6.45) is 0.627. The smallest absolute Gasteiger partial charge is 0.200 e. The van der Waals surface area contributed by atoms with Gasteiger partial charge >= 0.3 is 0 Å². The molecule has 1 aliphatic heterocycles. The van der Waals surface area contributed by atoms with E-state index >= 15 is 0 Å². The third kappa shape index (κ3) is 3.26. The molecular weight excluding hydrogens is 417 g/mol. The van der Waals surface area contributed by atoms with Crippen LogP contribution in [0.1, 0.15) is 17.9 Å². The fourth-order valence-corrected chi connectivity index (χ4v) is 4.51. The van der Waals surface area contributed by atoms with E-state index in [4.69, 9.17) is 27.6 Å². The lowest BCUT2D eigenvalue weighted by Gasteiger charge is -2.24. The minimum atomic E-state index is -0.423. The van der Waals surface area contributed by atoms with Gasteiger partial charge in [0.1, 0.15) is 28.2 Å². The van der Waals surface area contributed by atoms with Gasteiger partial charge in [0.15, 0.2) is 0 Å². The highest BCUT2D eigenvalue weighted by molar-refractivity contribution is 6.43. The van der Waals surface area contributed by atoms with Crippen LogP contribution in [0.2, 0.25) is 10.0 Å². The van der Waals surface area contributed by atoms with Crippen molar-refractivity contribution in [2.24, 2.45) is 0 Å². The molecule has 8 heteroatoms. The fourth-order valence-electron chi connectivity index (χ4n) is 4.13. The monoisotopic (exact) mass is 435 g/mol. The van der Waals surface area contributed by atoms with Gasteiger partial charge in [-0.05, 0) is 32.1 Å². The number of aliphatic hydroxyl groups excluding tert-OH is 1. The van der Waals surface area contributed by atoms with Gasteiger partial charge < -0.3 is 24.6 Å². The van der Waals surface area contributed by atoms with Crippen LogP contribution < -0.4 is 5.43 Å². The second-order valence-electron chi connectivity index (χ2n) is 7.24. The van der Waals surface area contributed by atoms with E-state index in [-0.39, 0.29) is 51.8 Å². The maximum Gasteiger partial charge on any atom is 0.200 e. The molecular formula is C21H19Cl2NO5. The number of aromatic hydroxyl groups is 2. The summed E-state index contributed by atoms with van der Waals surface area (Å²) < 4.78 is 6.03. The van der Waals surface area contributed by atoms with Gasteiger partial charge in [-0.25, -0.2) is 0 Å². The Morgan fingerprint density at radius 3 is 2.72 bits per heavy atom. The van der Waals surface area contributed by atoms with Crippen LogP contribution in [-0.4, -0.2) is 46.5 Å². The number of likely N-dealkylation sites (N-methyl/N-ethyl adjacent to an activating group) is 1. The van der Waals surface area contributed by atoms with Crippen LogP contribution in [0.25, 0.3) is 22.3 Å². The molecule has 2 unspecified atom stereocenters. The molecule has 0 amide bonds. The largest absolute Gasteiger partial charge is 0.508 e. The van der Waals surface area contributed by atoms with Crippen LogP contribution in [0.15, 0.2) is 39.5 Å².